The maximum Gasteiger partial charge on any atom is 0.135 e. The fourth-order valence-electron chi connectivity index (χ4n) is 1.56. The van der Waals surface area contributed by atoms with Gasteiger partial charge in [-0.3, -0.25) is 0 Å². The summed E-state index contributed by atoms with van der Waals surface area (Å²) in [6.45, 7) is 1.87. The zero-order valence-corrected chi connectivity index (χ0v) is 10.9. The van der Waals surface area contributed by atoms with Gasteiger partial charge < -0.3 is 9.52 Å². The Bertz CT molecular complexity index is 522. The molecule has 1 atom stereocenters. The summed E-state index contributed by atoms with van der Waals surface area (Å²) in [5, 5.41) is 9.63. The number of hydrogen-bond acceptors (Lipinski definition) is 2. The normalized spacial score (nSPS) is 12.7. The van der Waals surface area contributed by atoms with Crippen molar-refractivity contribution in [3.8, 4) is 11.3 Å². The van der Waals surface area contributed by atoms with Crippen LogP contribution in [0.15, 0.2) is 39.2 Å². The molecule has 0 aliphatic rings. The van der Waals surface area contributed by atoms with Crippen molar-refractivity contribution in [3.63, 3.8) is 0 Å². The number of halogens is 2. The standard InChI is InChI=1S/C13H12BrFO2/c1-2-11(16)13-6-5-12(17-13)9-7-8(15)3-4-10(9)14/h3-7,11,16H,2H2,1H3. The number of furan rings is 1. The van der Waals surface area contributed by atoms with E-state index in [0.29, 0.717) is 23.5 Å². The molecular formula is C13H12BrFO2. The summed E-state index contributed by atoms with van der Waals surface area (Å²) < 4.78 is 19.4. The van der Waals surface area contributed by atoms with Gasteiger partial charge in [-0.1, -0.05) is 22.9 Å². The van der Waals surface area contributed by atoms with Gasteiger partial charge in [0.1, 0.15) is 23.4 Å². The molecule has 0 fully saturated rings. The van der Waals surface area contributed by atoms with Gasteiger partial charge in [0.15, 0.2) is 0 Å². The third kappa shape index (κ3) is 2.58. The Morgan fingerprint density at radius 3 is 2.82 bits per heavy atom. The van der Waals surface area contributed by atoms with Crippen molar-refractivity contribution in [2.75, 3.05) is 0 Å². The summed E-state index contributed by atoms with van der Waals surface area (Å²) >= 11 is 3.34. The second kappa shape index (κ2) is 5.02. The lowest BCUT2D eigenvalue weighted by molar-refractivity contribution is 0.147. The Balaban J connectivity index is 2.40. The summed E-state index contributed by atoms with van der Waals surface area (Å²) in [4.78, 5) is 0. The zero-order valence-electron chi connectivity index (χ0n) is 9.28. The molecule has 0 aliphatic heterocycles. The predicted octanol–water partition coefficient (Wildman–Crippen LogP) is 4.29. The number of benzene rings is 1. The van der Waals surface area contributed by atoms with Crippen LogP contribution >= 0.6 is 15.9 Å². The predicted molar refractivity (Wildman–Crippen MR) is 67.1 cm³/mol. The molecule has 90 valence electrons. The Kier molecular flexibility index (Phi) is 3.64. The van der Waals surface area contributed by atoms with Crippen LogP contribution < -0.4 is 0 Å². The van der Waals surface area contributed by atoms with E-state index in [2.05, 4.69) is 15.9 Å². The molecule has 2 rings (SSSR count). The van der Waals surface area contributed by atoms with Crippen molar-refractivity contribution >= 4 is 15.9 Å². The molecule has 17 heavy (non-hydrogen) atoms. The molecule has 4 heteroatoms. The highest BCUT2D eigenvalue weighted by Gasteiger charge is 2.13. The molecule has 0 amide bonds. The first-order valence-corrected chi connectivity index (χ1v) is 6.14. The molecule has 0 bridgehead atoms. The Hall–Kier alpha value is -1.13. The summed E-state index contributed by atoms with van der Waals surface area (Å²) in [6, 6.07) is 7.83. The lowest BCUT2D eigenvalue weighted by atomic mass is 10.2. The van der Waals surface area contributed by atoms with E-state index in [4.69, 9.17) is 4.42 Å². The van der Waals surface area contributed by atoms with Gasteiger partial charge in [-0.2, -0.15) is 0 Å². The van der Waals surface area contributed by atoms with Crippen molar-refractivity contribution in [1.82, 2.24) is 0 Å². The van der Waals surface area contributed by atoms with Gasteiger partial charge in [0, 0.05) is 10.0 Å². The SMILES string of the molecule is CCC(O)c1ccc(-c2cc(F)ccc2Br)o1. The maximum absolute atomic E-state index is 13.2. The van der Waals surface area contributed by atoms with E-state index in [1.807, 2.05) is 6.92 Å². The van der Waals surface area contributed by atoms with Gasteiger partial charge in [0.2, 0.25) is 0 Å². The van der Waals surface area contributed by atoms with E-state index >= 15 is 0 Å². The molecule has 0 aliphatic carbocycles. The number of hydrogen-bond donors (Lipinski definition) is 1. The van der Waals surface area contributed by atoms with E-state index in [0.717, 1.165) is 4.47 Å². The van der Waals surface area contributed by atoms with Gasteiger partial charge in [0.25, 0.3) is 0 Å². The van der Waals surface area contributed by atoms with E-state index in [1.54, 1.807) is 18.2 Å². The van der Waals surface area contributed by atoms with Crippen LogP contribution in [0.2, 0.25) is 0 Å². The van der Waals surface area contributed by atoms with E-state index < -0.39 is 6.10 Å². The Labute approximate surface area is 107 Å². The minimum Gasteiger partial charge on any atom is -0.458 e. The highest BCUT2D eigenvalue weighted by molar-refractivity contribution is 9.10. The fraction of sp³-hybridized carbons (Fsp3) is 0.231. The second-order valence-electron chi connectivity index (χ2n) is 3.75. The molecule has 0 spiro atoms. The van der Waals surface area contributed by atoms with Gasteiger partial charge in [-0.15, -0.1) is 0 Å². The zero-order chi connectivity index (χ0) is 12.4. The molecule has 0 saturated carbocycles. The first kappa shape index (κ1) is 12.3. The van der Waals surface area contributed by atoms with Crippen LogP contribution in [0.3, 0.4) is 0 Å². The molecule has 1 N–H and O–H groups in total. The molecule has 1 unspecified atom stereocenters. The van der Waals surface area contributed by atoms with Crippen LogP contribution in [-0.4, -0.2) is 5.11 Å². The van der Waals surface area contributed by atoms with Crippen molar-refractivity contribution < 1.29 is 13.9 Å². The molecule has 0 radical (unpaired) electrons. The third-order valence-electron chi connectivity index (χ3n) is 2.54. The average molecular weight is 299 g/mol. The molecule has 2 nitrogen and oxygen atoms in total. The van der Waals surface area contributed by atoms with E-state index in [9.17, 15) is 9.50 Å². The summed E-state index contributed by atoms with van der Waals surface area (Å²) in [5.74, 6) is 0.717. The average Bonchev–Trinajstić information content (AvgIpc) is 2.80. The monoisotopic (exact) mass is 298 g/mol. The summed E-state index contributed by atoms with van der Waals surface area (Å²) in [6.07, 6.45) is -0.0341. The fourth-order valence-corrected chi connectivity index (χ4v) is 2.01. The van der Waals surface area contributed by atoms with Crippen LogP contribution in [-0.2, 0) is 0 Å². The van der Waals surface area contributed by atoms with Gasteiger partial charge in [0.05, 0.1) is 0 Å². The van der Waals surface area contributed by atoms with Crippen molar-refractivity contribution in [2.45, 2.75) is 19.4 Å². The van der Waals surface area contributed by atoms with Crippen LogP contribution in [0.1, 0.15) is 25.2 Å². The van der Waals surface area contributed by atoms with Crippen LogP contribution in [0.4, 0.5) is 4.39 Å². The summed E-state index contributed by atoms with van der Waals surface area (Å²) in [5.41, 5.74) is 0.638. The first-order valence-electron chi connectivity index (χ1n) is 5.35. The molecule has 1 aromatic heterocycles. The lowest BCUT2D eigenvalue weighted by Crippen LogP contribution is -1.91. The quantitative estimate of drug-likeness (QED) is 0.917. The smallest absolute Gasteiger partial charge is 0.135 e. The maximum atomic E-state index is 13.2. The lowest BCUT2D eigenvalue weighted by Gasteiger charge is -2.04. The highest BCUT2D eigenvalue weighted by Crippen LogP contribution is 2.32. The topological polar surface area (TPSA) is 33.4 Å². The van der Waals surface area contributed by atoms with Crippen LogP contribution in [0.5, 0.6) is 0 Å². The minimum atomic E-state index is -0.615. The third-order valence-corrected chi connectivity index (χ3v) is 3.23. The summed E-state index contributed by atoms with van der Waals surface area (Å²) in [7, 11) is 0. The number of aliphatic hydroxyl groups is 1. The van der Waals surface area contributed by atoms with Crippen molar-refractivity contribution in [1.29, 1.82) is 0 Å². The van der Waals surface area contributed by atoms with Crippen LogP contribution in [0, 0.1) is 5.82 Å². The van der Waals surface area contributed by atoms with Gasteiger partial charge in [-0.05, 0) is 36.8 Å². The van der Waals surface area contributed by atoms with Crippen molar-refractivity contribution in [3.05, 3.63) is 46.4 Å². The highest BCUT2D eigenvalue weighted by atomic mass is 79.9. The largest absolute Gasteiger partial charge is 0.458 e. The van der Waals surface area contributed by atoms with E-state index in [1.165, 1.54) is 12.1 Å². The molecule has 1 heterocycles. The second-order valence-corrected chi connectivity index (χ2v) is 4.60. The first-order chi connectivity index (χ1) is 8.11. The van der Waals surface area contributed by atoms with Crippen molar-refractivity contribution in [2.24, 2.45) is 0 Å². The number of aliphatic hydroxyl groups excluding tert-OH is 1. The Morgan fingerprint density at radius 2 is 2.12 bits per heavy atom. The van der Waals surface area contributed by atoms with Gasteiger partial charge in [-0.25, -0.2) is 4.39 Å². The molecule has 0 saturated heterocycles. The molecule has 2 aromatic rings. The van der Waals surface area contributed by atoms with Crippen LogP contribution in [0.25, 0.3) is 11.3 Å². The van der Waals surface area contributed by atoms with Gasteiger partial charge >= 0.3 is 0 Å². The van der Waals surface area contributed by atoms with E-state index in [-0.39, 0.29) is 5.82 Å². The molecular weight excluding hydrogens is 287 g/mol. The number of rotatable bonds is 3. The minimum absolute atomic E-state index is 0.322. The Morgan fingerprint density at radius 1 is 1.35 bits per heavy atom. The molecule has 1 aromatic carbocycles.